The highest BCUT2D eigenvalue weighted by molar-refractivity contribution is 9.10. The zero-order valence-corrected chi connectivity index (χ0v) is 14.0. The summed E-state index contributed by atoms with van der Waals surface area (Å²) < 4.78 is 0.984. The van der Waals surface area contributed by atoms with Crippen LogP contribution in [-0.2, 0) is 6.54 Å². The van der Waals surface area contributed by atoms with Gasteiger partial charge in [-0.15, -0.1) is 0 Å². The first-order valence-corrected chi connectivity index (χ1v) is 9.03. The van der Waals surface area contributed by atoms with Gasteiger partial charge >= 0.3 is 0 Å². The van der Waals surface area contributed by atoms with E-state index in [4.69, 9.17) is 11.6 Å². The second kappa shape index (κ2) is 5.30. The Hall–Kier alpha value is -0.0500. The third-order valence-electron chi connectivity index (χ3n) is 5.75. The molecule has 0 spiro atoms. The quantitative estimate of drug-likeness (QED) is 0.804. The van der Waals surface area contributed by atoms with E-state index in [1.165, 1.54) is 37.7 Å². The Morgan fingerprint density at radius 1 is 1.05 bits per heavy atom. The van der Waals surface area contributed by atoms with Gasteiger partial charge in [-0.05, 0) is 89.4 Å². The molecule has 4 bridgehead atoms. The first kappa shape index (κ1) is 13.6. The number of benzene rings is 1. The highest BCUT2D eigenvalue weighted by atomic mass is 79.9. The highest BCUT2D eigenvalue weighted by Crippen LogP contribution is 2.53. The molecule has 0 saturated heterocycles. The van der Waals surface area contributed by atoms with Crippen molar-refractivity contribution in [3.63, 3.8) is 0 Å². The average Bonchev–Trinajstić information content (AvgIpc) is 2.41. The van der Waals surface area contributed by atoms with Crippen LogP contribution in [0.3, 0.4) is 0 Å². The Bertz CT molecular complexity index is 488. The van der Waals surface area contributed by atoms with Crippen molar-refractivity contribution in [3.05, 3.63) is 33.3 Å². The van der Waals surface area contributed by atoms with Crippen LogP contribution in [0.25, 0.3) is 0 Å². The SMILES string of the molecule is Clc1cc(CNC2C3CC4CC(C3)CC2C4)ccc1Br. The van der Waals surface area contributed by atoms with Gasteiger partial charge in [0.2, 0.25) is 0 Å². The van der Waals surface area contributed by atoms with Crippen LogP contribution in [0.5, 0.6) is 0 Å². The molecule has 108 valence electrons. The Morgan fingerprint density at radius 3 is 2.30 bits per heavy atom. The van der Waals surface area contributed by atoms with Gasteiger partial charge in [-0.1, -0.05) is 17.7 Å². The molecule has 20 heavy (non-hydrogen) atoms. The molecule has 0 atom stereocenters. The molecule has 4 aliphatic carbocycles. The normalized spacial score (nSPS) is 38.4. The fourth-order valence-electron chi connectivity index (χ4n) is 5.14. The number of rotatable bonds is 3. The Kier molecular flexibility index (Phi) is 3.60. The average molecular weight is 355 g/mol. The monoisotopic (exact) mass is 353 g/mol. The standard InChI is InChI=1S/C17H21BrClN/c18-15-2-1-10(8-16(15)19)9-20-17-13-4-11-3-12(6-13)7-14(17)5-11/h1-2,8,11-14,17,20H,3-7,9H2. The van der Waals surface area contributed by atoms with E-state index in [1.807, 2.05) is 0 Å². The van der Waals surface area contributed by atoms with Crippen LogP contribution in [0.4, 0.5) is 0 Å². The molecule has 0 heterocycles. The smallest absolute Gasteiger partial charge is 0.0551 e. The summed E-state index contributed by atoms with van der Waals surface area (Å²) in [5.41, 5.74) is 1.30. The molecule has 1 N–H and O–H groups in total. The van der Waals surface area contributed by atoms with Crippen LogP contribution >= 0.6 is 27.5 Å². The number of nitrogens with one attached hydrogen (secondary N) is 1. The molecule has 0 radical (unpaired) electrons. The van der Waals surface area contributed by atoms with E-state index in [0.717, 1.165) is 45.8 Å². The lowest BCUT2D eigenvalue weighted by atomic mass is 9.54. The van der Waals surface area contributed by atoms with Crippen molar-refractivity contribution < 1.29 is 0 Å². The Labute approximate surface area is 134 Å². The number of hydrogen-bond acceptors (Lipinski definition) is 1. The highest BCUT2D eigenvalue weighted by Gasteiger charge is 2.47. The van der Waals surface area contributed by atoms with Crippen molar-refractivity contribution in [1.82, 2.24) is 5.32 Å². The largest absolute Gasteiger partial charge is 0.309 e. The van der Waals surface area contributed by atoms with Gasteiger partial charge in [-0.2, -0.15) is 0 Å². The van der Waals surface area contributed by atoms with Crippen LogP contribution in [0.2, 0.25) is 5.02 Å². The van der Waals surface area contributed by atoms with Crippen LogP contribution in [-0.4, -0.2) is 6.04 Å². The van der Waals surface area contributed by atoms with Gasteiger partial charge in [0.15, 0.2) is 0 Å². The molecule has 1 aromatic rings. The van der Waals surface area contributed by atoms with Crippen LogP contribution < -0.4 is 5.32 Å². The predicted octanol–water partition coefficient (Wildman–Crippen LogP) is 5.02. The first-order chi connectivity index (χ1) is 9.69. The lowest BCUT2D eigenvalue weighted by molar-refractivity contribution is -0.0142. The molecule has 0 aromatic heterocycles. The van der Waals surface area contributed by atoms with Gasteiger partial charge in [0.1, 0.15) is 0 Å². The molecule has 4 fully saturated rings. The molecule has 4 aliphatic rings. The van der Waals surface area contributed by atoms with E-state index >= 15 is 0 Å². The minimum atomic E-state index is 0.755. The molecular formula is C17H21BrClN. The van der Waals surface area contributed by atoms with E-state index in [2.05, 4.69) is 39.4 Å². The summed E-state index contributed by atoms with van der Waals surface area (Å²) >= 11 is 9.64. The number of halogens is 2. The molecule has 1 nitrogen and oxygen atoms in total. The predicted molar refractivity (Wildman–Crippen MR) is 86.8 cm³/mol. The second-order valence-electron chi connectivity index (χ2n) is 7.09. The molecule has 1 aromatic carbocycles. The van der Waals surface area contributed by atoms with Crippen LogP contribution in [0.1, 0.15) is 37.7 Å². The molecule has 3 heteroatoms. The minimum Gasteiger partial charge on any atom is -0.309 e. The summed E-state index contributed by atoms with van der Waals surface area (Å²) in [5, 5.41) is 4.67. The molecular weight excluding hydrogens is 334 g/mol. The molecule has 0 amide bonds. The first-order valence-electron chi connectivity index (χ1n) is 7.86. The molecule has 0 aliphatic heterocycles. The van der Waals surface area contributed by atoms with Gasteiger partial charge < -0.3 is 5.32 Å². The van der Waals surface area contributed by atoms with E-state index in [9.17, 15) is 0 Å². The van der Waals surface area contributed by atoms with E-state index in [0.29, 0.717) is 0 Å². The van der Waals surface area contributed by atoms with Gasteiger partial charge in [0, 0.05) is 17.1 Å². The van der Waals surface area contributed by atoms with Crippen molar-refractivity contribution in [2.45, 2.75) is 44.7 Å². The second-order valence-corrected chi connectivity index (χ2v) is 8.35. The van der Waals surface area contributed by atoms with Crippen LogP contribution in [0.15, 0.2) is 22.7 Å². The summed E-state index contributed by atoms with van der Waals surface area (Å²) in [6.07, 6.45) is 7.44. The fraction of sp³-hybridized carbons (Fsp3) is 0.647. The minimum absolute atomic E-state index is 0.755. The summed E-state index contributed by atoms with van der Waals surface area (Å²) in [6, 6.07) is 7.05. The molecule has 4 saturated carbocycles. The third-order valence-corrected chi connectivity index (χ3v) is 6.99. The van der Waals surface area contributed by atoms with E-state index in [1.54, 1.807) is 0 Å². The van der Waals surface area contributed by atoms with Gasteiger partial charge in [-0.25, -0.2) is 0 Å². The summed E-state index contributed by atoms with van der Waals surface area (Å²) in [6.45, 7) is 0.958. The lowest BCUT2D eigenvalue weighted by Crippen LogP contribution is -2.54. The zero-order chi connectivity index (χ0) is 13.7. The summed E-state index contributed by atoms with van der Waals surface area (Å²) in [7, 11) is 0. The lowest BCUT2D eigenvalue weighted by Gasteiger charge is -2.54. The topological polar surface area (TPSA) is 12.0 Å². The molecule has 0 unspecified atom stereocenters. The van der Waals surface area contributed by atoms with Crippen molar-refractivity contribution >= 4 is 27.5 Å². The van der Waals surface area contributed by atoms with Crippen LogP contribution in [0, 0.1) is 23.7 Å². The summed E-state index contributed by atoms with van der Waals surface area (Å²) in [4.78, 5) is 0. The maximum absolute atomic E-state index is 6.18. The Balaban J connectivity index is 1.43. The Morgan fingerprint density at radius 2 is 1.70 bits per heavy atom. The van der Waals surface area contributed by atoms with Crippen molar-refractivity contribution in [3.8, 4) is 0 Å². The van der Waals surface area contributed by atoms with E-state index in [-0.39, 0.29) is 0 Å². The zero-order valence-electron chi connectivity index (χ0n) is 11.6. The van der Waals surface area contributed by atoms with Gasteiger partial charge in [-0.3, -0.25) is 0 Å². The van der Waals surface area contributed by atoms with Gasteiger partial charge in [0.25, 0.3) is 0 Å². The van der Waals surface area contributed by atoms with Crippen molar-refractivity contribution in [2.75, 3.05) is 0 Å². The molecule has 5 rings (SSSR count). The van der Waals surface area contributed by atoms with Crippen molar-refractivity contribution in [2.24, 2.45) is 23.7 Å². The van der Waals surface area contributed by atoms with Crippen molar-refractivity contribution in [1.29, 1.82) is 0 Å². The van der Waals surface area contributed by atoms with E-state index < -0.39 is 0 Å². The maximum atomic E-state index is 6.18. The fourth-order valence-corrected chi connectivity index (χ4v) is 5.59. The van der Waals surface area contributed by atoms with Gasteiger partial charge in [0.05, 0.1) is 5.02 Å². The third kappa shape index (κ3) is 2.44. The summed E-state index contributed by atoms with van der Waals surface area (Å²) in [5.74, 6) is 3.99. The maximum Gasteiger partial charge on any atom is 0.0551 e. The number of hydrogen-bond donors (Lipinski definition) is 1.